The first-order chi connectivity index (χ1) is 9.18. The molecule has 0 bridgehead atoms. The van der Waals surface area contributed by atoms with Crippen LogP contribution in [0.15, 0.2) is 0 Å². The molecule has 0 atom stereocenters. The van der Waals surface area contributed by atoms with Crippen LogP contribution in [-0.2, 0) is 4.74 Å². The summed E-state index contributed by atoms with van der Waals surface area (Å²) in [7, 11) is 2.21. The number of rotatable bonds is 13. The van der Waals surface area contributed by atoms with Crippen LogP contribution in [-0.4, -0.2) is 50.8 Å². The molecule has 3 nitrogen and oxygen atoms in total. The molecule has 1 rings (SSSR count). The Balaban J connectivity index is 1.74. The number of likely N-dealkylation sites (N-methyl/N-ethyl adjacent to an activating group) is 1. The summed E-state index contributed by atoms with van der Waals surface area (Å²) in [6.45, 7) is 9.79. The Morgan fingerprint density at radius 1 is 1.11 bits per heavy atom. The second-order valence-electron chi connectivity index (χ2n) is 6.34. The summed E-state index contributed by atoms with van der Waals surface area (Å²) < 4.78 is 5.66. The van der Waals surface area contributed by atoms with Crippen molar-refractivity contribution in [3.05, 3.63) is 0 Å². The summed E-state index contributed by atoms with van der Waals surface area (Å²) in [5.74, 6) is 0.893. The van der Waals surface area contributed by atoms with Gasteiger partial charge in [0.2, 0.25) is 0 Å². The van der Waals surface area contributed by atoms with Crippen LogP contribution in [0.3, 0.4) is 0 Å². The molecule has 0 aromatic rings. The van der Waals surface area contributed by atoms with Crippen molar-refractivity contribution >= 4 is 0 Å². The predicted octanol–water partition coefficient (Wildman–Crippen LogP) is 2.90. The lowest BCUT2D eigenvalue weighted by atomic mass is 10.2. The van der Waals surface area contributed by atoms with Gasteiger partial charge in [-0.25, -0.2) is 0 Å². The molecule has 19 heavy (non-hydrogen) atoms. The fourth-order valence-corrected chi connectivity index (χ4v) is 2.12. The van der Waals surface area contributed by atoms with Crippen LogP contribution in [0.1, 0.15) is 52.4 Å². The van der Waals surface area contributed by atoms with Gasteiger partial charge in [0.25, 0.3) is 0 Å². The highest BCUT2D eigenvalue weighted by atomic mass is 16.5. The summed E-state index contributed by atoms with van der Waals surface area (Å²) in [5, 5.41) is 3.47. The van der Waals surface area contributed by atoms with E-state index in [4.69, 9.17) is 4.74 Å². The van der Waals surface area contributed by atoms with Crippen molar-refractivity contribution in [2.45, 2.75) is 58.4 Å². The molecule has 0 spiro atoms. The minimum Gasteiger partial charge on any atom is -0.380 e. The van der Waals surface area contributed by atoms with Crippen molar-refractivity contribution in [1.82, 2.24) is 10.2 Å². The molecule has 0 aliphatic heterocycles. The van der Waals surface area contributed by atoms with Gasteiger partial charge in [-0.05, 0) is 51.7 Å². The number of hydrogen-bond donors (Lipinski definition) is 1. The SMILES string of the molecule is CC(C)NCCCCCCN(C)CCOCC1CC1. The number of unbranched alkanes of at least 4 members (excludes halogenated alkanes) is 3. The van der Waals surface area contributed by atoms with E-state index in [0.29, 0.717) is 6.04 Å². The zero-order chi connectivity index (χ0) is 13.9. The van der Waals surface area contributed by atoms with Gasteiger partial charge in [0.05, 0.1) is 6.61 Å². The second kappa shape index (κ2) is 10.6. The third-order valence-corrected chi connectivity index (χ3v) is 3.69. The molecular formula is C16H34N2O. The minimum absolute atomic E-state index is 0.627. The Bertz CT molecular complexity index is 205. The van der Waals surface area contributed by atoms with Crippen molar-refractivity contribution < 1.29 is 4.74 Å². The molecule has 1 fully saturated rings. The highest BCUT2D eigenvalue weighted by Gasteiger charge is 2.20. The Morgan fingerprint density at radius 2 is 1.84 bits per heavy atom. The lowest BCUT2D eigenvalue weighted by Crippen LogP contribution is -2.25. The zero-order valence-electron chi connectivity index (χ0n) is 13.3. The predicted molar refractivity (Wildman–Crippen MR) is 82.6 cm³/mol. The van der Waals surface area contributed by atoms with E-state index < -0.39 is 0 Å². The molecule has 1 N–H and O–H groups in total. The van der Waals surface area contributed by atoms with Gasteiger partial charge in [-0.3, -0.25) is 0 Å². The molecule has 1 saturated carbocycles. The zero-order valence-corrected chi connectivity index (χ0v) is 13.3. The molecule has 0 saturated heterocycles. The van der Waals surface area contributed by atoms with E-state index in [9.17, 15) is 0 Å². The number of nitrogens with one attached hydrogen (secondary N) is 1. The average molecular weight is 270 g/mol. The third-order valence-electron chi connectivity index (χ3n) is 3.69. The average Bonchev–Trinajstić information content (AvgIpc) is 3.17. The van der Waals surface area contributed by atoms with Gasteiger partial charge < -0.3 is 15.0 Å². The van der Waals surface area contributed by atoms with E-state index in [1.54, 1.807) is 0 Å². The monoisotopic (exact) mass is 270 g/mol. The molecule has 0 aromatic heterocycles. The van der Waals surface area contributed by atoms with E-state index in [0.717, 1.165) is 25.7 Å². The van der Waals surface area contributed by atoms with Crippen molar-refractivity contribution in [1.29, 1.82) is 0 Å². The van der Waals surface area contributed by atoms with Gasteiger partial charge in [-0.1, -0.05) is 26.7 Å². The number of hydrogen-bond acceptors (Lipinski definition) is 3. The molecule has 0 amide bonds. The Labute approximate surface area is 120 Å². The van der Waals surface area contributed by atoms with E-state index in [1.807, 2.05) is 0 Å². The topological polar surface area (TPSA) is 24.5 Å². The van der Waals surface area contributed by atoms with Gasteiger partial charge in [0.15, 0.2) is 0 Å². The number of ether oxygens (including phenoxy) is 1. The summed E-state index contributed by atoms with van der Waals surface area (Å²) in [4.78, 5) is 2.40. The largest absolute Gasteiger partial charge is 0.380 e. The first-order valence-corrected chi connectivity index (χ1v) is 8.18. The first kappa shape index (κ1) is 16.9. The molecule has 0 aromatic carbocycles. The van der Waals surface area contributed by atoms with Crippen LogP contribution in [0, 0.1) is 5.92 Å². The van der Waals surface area contributed by atoms with Crippen LogP contribution in [0.5, 0.6) is 0 Å². The van der Waals surface area contributed by atoms with Gasteiger partial charge in [-0.15, -0.1) is 0 Å². The molecule has 114 valence electrons. The highest BCUT2D eigenvalue weighted by molar-refractivity contribution is 4.71. The van der Waals surface area contributed by atoms with Crippen LogP contribution >= 0.6 is 0 Å². The van der Waals surface area contributed by atoms with Crippen LogP contribution in [0.25, 0.3) is 0 Å². The smallest absolute Gasteiger partial charge is 0.0593 e. The van der Waals surface area contributed by atoms with Crippen molar-refractivity contribution in [3.63, 3.8) is 0 Å². The maximum atomic E-state index is 5.66. The quantitative estimate of drug-likeness (QED) is 0.521. The van der Waals surface area contributed by atoms with Gasteiger partial charge in [0.1, 0.15) is 0 Å². The van der Waals surface area contributed by atoms with E-state index in [2.05, 4.69) is 31.1 Å². The van der Waals surface area contributed by atoms with Crippen molar-refractivity contribution in [2.24, 2.45) is 5.92 Å². The second-order valence-corrected chi connectivity index (χ2v) is 6.34. The van der Waals surface area contributed by atoms with Crippen molar-refractivity contribution in [3.8, 4) is 0 Å². The maximum absolute atomic E-state index is 5.66. The summed E-state index contributed by atoms with van der Waals surface area (Å²) in [6, 6.07) is 0.627. The third kappa shape index (κ3) is 11.4. The molecule has 0 unspecified atom stereocenters. The molecule has 0 heterocycles. The first-order valence-electron chi connectivity index (χ1n) is 8.18. The van der Waals surface area contributed by atoms with Gasteiger partial charge in [0, 0.05) is 19.2 Å². The fourth-order valence-electron chi connectivity index (χ4n) is 2.12. The van der Waals surface area contributed by atoms with Crippen LogP contribution in [0.2, 0.25) is 0 Å². The van der Waals surface area contributed by atoms with E-state index in [1.165, 1.54) is 51.6 Å². The molecule has 1 aliphatic rings. The molecular weight excluding hydrogens is 236 g/mol. The van der Waals surface area contributed by atoms with E-state index in [-0.39, 0.29) is 0 Å². The molecule has 1 aliphatic carbocycles. The summed E-state index contributed by atoms with van der Waals surface area (Å²) >= 11 is 0. The van der Waals surface area contributed by atoms with Gasteiger partial charge >= 0.3 is 0 Å². The molecule has 0 radical (unpaired) electrons. The normalized spacial score (nSPS) is 15.6. The Hall–Kier alpha value is -0.120. The summed E-state index contributed by atoms with van der Waals surface area (Å²) in [5.41, 5.74) is 0. The van der Waals surface area contributed by atoms with E-state index >= 15 is 0 Å². The number of nitrogens with zero attached hydrogens (tertiary/aromatic N) is 1. The Morgan fingerprint density at radius 3 is 2.53 bits per heavy atom. The van der Waals surface area contributed by atoms with Crippen LogP contribution < -0.4 is 5.32 Å². The standard InChI is InChI=1S/C16H34N2O/c1-15(2)17-10-6-4-5-7-11-18(3)12-13-19-14-16-8-9-16/h15-17H,4-14H2,1-3H3. The highest BCUT2D eigenvalue weighted by Crippen LogP contribution is 2.28. The lowest BCUT2D eigenvalue weighted by molar-refractivity contribution is 0.103. The maximum Gasteiger partial charge on any atom is 0.0593 e. The summed E-state index contributed by atoms with van der Waals surface area (Å²) in [6.07, 6.45) is 8.12. The lowest BCUT2D eigenvalue weighted by Gasteiger charge is -2.16. The Kier molecular flexibility index (Phi) is 9.48. The van der Waals surface area contributed by atoms with Crippen molar-refractivity contribution in [2.75, 3.05) is 39.9 Å². The fraction of sp³-hybridized carbons (Fsp3) is 1.00. The minimum atomic E-state index is 0.627. The van der Waals surface area contributed by atoms with Crippen LogP contribution in [0.4, 0.5) is 0 Å². The van der Waals surface area contributed by atoms with Gasteiger partial charge in [-0.2, -0.15) is 0 Å². The molecule has 3 heteroatoms.